The van der Waals surface area contributed by atoms with Gasteiger partial charge in [0.1, 0.15) is 0 Å². The van der Waals surface area contributed by atoms with Crippen LogP contribution in [0.25, 0.3) is 0 Å². The number of hydrogen-bond donors (Lipinski definition) is 1. The van der Waals surface area contributed by atoms with Gasteiger partial charge in [-0.2, -0.15) is 0 Å². The first kappa shape index (κ1) is 18.3. The molecule has 5 rings (SSSR count). The molecule has 0 spiro atoms. The zero-order valence-corrected chi connectivity index (χ0v) is 17.6. The number of aromatic nitrogens is 3. The number of nitrogens with zero attached hydrogens (tertiary/aromatic N) is 4. The molecule has 4 heterocycles. The van der Waals surface area contributed by atoms with Gasteiger partial charge in [0.2, 0.25) is 0 Å². The van der Waals surface area contributed by atoms with Crippen molar-refractivity contribution in [1.29, 1.82) is 0 Å². The minimum absolute atomic E-state index is 0.0218. The number of aryl methyl sites for hydroxylation is 1. The van der Waals surface area contributed by atoms with E-state index in [0.29, 0.717) is 6.04 Å². The maximum Gasteiger partial charge on any atom is 0.170 e. The molecule has 2 aliphatic rings. The third-order valence-corrected chi connectivity index (χ3v) is 6.38. The van der Waals surface area contributed by atoms with Gasteiger partial charge in [-0.15, -0.1) is 0 Å². The molecule has 2 fully saturated rings. The first-order valence-electron chi connectivity index (χ1n) is 10.2. The zero-order valence-electron chi connectivity index (χ0n) is 16.7. The maximum absolute atomic E-state index is 5.80. The molecular weight excluding hydrogens is 378 g/mol. The van der Waals surface area contributed by atoms with Crippen molar-refractivity contribution in [1.82, 2.24) is 24.8 Å². The molecule has 1 saturated carbocycles. The van der Waals surface area contributed by atoms with Gasteiger partial charge in [0.15, 0.2) is 5.11 Å². The molecular formula is C23H25N5S. The van der Waals surface area contributed by atoms with Crippen molar-refractivity contribution in [3.05, 3.63) is 83.2 Å². The molecule has 2 unspecified atom stereocenters. The summed E-state index contributed by atoms with van der Waals surface area (Å²) in [5.74, 6) is 0. The van der Waals surface area contributed by atoms with Crippen LogP contribution >= 0.6 is 12.2 Å². The topological polar surface area (TPSA) is 46.0 Å². The highest BCUT2D eigenvalue weighted by atomic mass is 32.1. The fourth-order valence-corrected chi connectivity index (χ4v) is 4.90. The van der Waals surface area contributed by atoms with Crippen LogP contribution in [0.15, 0.2) is 55.0 Å². The van der Waals surface area contributed by atoms with Crippen LogP contribution in [-0.4, -0.2) is 24.5 Å². The second kappa shape index (κ2) is 7.26. The van der Waals surface area contributed by atoms with E-state index in [-0.39, 0.29) is 12.1 Å². The Labute approximate surface area is 176 Å². The summed E-state index contributed by atoms with van der Waals surface area (Å²) in [4.78, 5) is 11.2. The van der Waals surface area contributed by atoms with E-state index in [1.54, 1.807) is 0 Å². The van der Waals surface area contributed by atoms with Crippen molar-refractivity contribution >= 4 is 17.3 Å². The molecule has 1 aliphatic heterocycles. The molecule has 1 saturated heterocycles. The lowest BCUT2D eigenvalue weighted by molar-refractivity contribution is 0.309. The Bertz CT molecular complexity index is 1030. The van der Waals surface area contributed by atoms with Crippen LogP contribution in [0.3, 0.4) is 0 Å². The Balaban J connectivity index is 1.59. The Morgan fingerprint density at radius 1 is 1.14 bits per heavy atom. The summed E-state index contributed by atoms with van der Waals surface area (Å²) >= 11 is 5.80. The van der Waals surface area contributed by atoms with Crippen LogP contribution in [-0.2, 0) is 6.54 Å². The van der Waals surface area contributed by atoms with Crippen molar-refractivity contribution in [3.63, 3.8) is 0 Å². The maximum atomic E-state index is 5.80. The highest BCUT2D eigenvalue weighted by molar-refractivity contribution is 7.80. The molecule has 0 bridgehead atoms. The summed E-state index contributed by atoms with van der Waals surface area (Å²) in [5.41, 5.74) is 6.18. The molecule has 5 nitrogen and oxygen atoms in total. The van der Waals surface area contributed by atoms with Crippen LogP contribution in [0.4, 0.5) is 0 Å². The minimum atomic E-state index is 0.0218. The predicted octanol–water partition coefficient (Wildman–Crippen LogP) is 4.40. The van der Waals surface area contributed by atoms with E-state index in [4.69, 9.17) is 12.2 Å². The lowest BCUT2D eigenvalue weighted by Crippen LogP contribution is -2.29. The standard InChI is InChI=1S/C23H25N5S/c1-15-12-19(16(2)28(15)18-8-9-18)22-21(20-7-3-4-11-25-20)26-23(29)27(22)14-17-6-5-10-24-13-17/h3-7,10-13,18,21-22H,8-9,14H2,1-2H3,(H,26,29). The molecule has 6 heteroatoms. The molecule has 3 aromatic heterocycles. The molecule has 29 heavy (non-hydrogen) atoms. The van der Waals surface area contributed by atoms with Crippen molar-refractivity contribution in [2.24, 2.45) is 0 Å². The third-order valence-electron chi connectivity index (χ3n) is 6.03. The normalized spacial score (nSPS) is 21.4. The monoisotopic (exact) mass is 403 g/mol. The number of nitrogens with one attached hydrogen (secondary N) is 1. The van der Waals surface area contributed by atoms with Gasteiger partial charge in [-0.05, 0) is 74.3 Å². The summed E-state index contributed by atoms with van der Waals surface area (Å²) < 4.78 is 2.51. The number of hydrogen-bond acceptors (Lipinski definition) is 3. The Hall–Kier alpha value is -2.73. The SMILES string of the molecule is Cc1cc(C2C(c3ccccn3)NC(=S)N2Cc2cccnc2)c(C)n1C1CC1. The summed E-state index contributed by atoms with van der Waals surface area (Å²) in [6.07, 6.45) is 8.14. The van der Waals surface area contributed by atoms with E-state index in [1.807, 2.05) is 36.8 Å². The van der Waals surface area contributed by atoms with Gasteiger partial charge >= 0.3 is 0 Å². The van der Waals surface area contributed by atoms with Crippen molar-refractivity contribution in [2.75, 3.05) is 0 Å². The largest absolute Gasteiger partial charge is 0.352 e. The predicted molar refractivity (Wildman–Crippen MR) is 117 cm³/mol. The second-order valence-corrected chi connectivity index (χ2v) is 8.43. The van der Waals surface area contributed by atoms with Gasteiger partial charge in [-0.1, -0.05) is 12.1 Å². The first-order chi connectivity index (χ1) is 14.1. The van der Waals surface area contributed by atoms with E-state index >= 15 is 0 Å². The lowest BCUT2D eigenvalue weighted by atomic mass is 9.96. The van der Waals surface area contributed by atoms with E-state index in [9.17, 15) is 0 Å². The quantitative estimate of drug-likeness (QED) is 0.640. The van der Waals surface area contributed by atoms with Gasteiger partial charge in [0.25, 0.3) is 0 Å². The Morgan fingerprint density at radius 2 is 2.00 bits per heavy atom. The van der Waals surface area contributed by atoms with Crippen molar-refractivity contribution < 1.29 is 0 Å². The summed E-state index contributed by atoms with van der Waals surface area (Å²) in [6.45, 7) is 5.19. The molecule has 0 radical (unpaired) electrons. The molecule has 1 N–H and O–H groups in total. The van der Waals surface area contributed by atoms with Gasteiger partial charge in [0, 0.05) is 42.6 Å². The molecule has 0 amide bonds. The van der Waals surface area contributed by atoms with Crippen LogP contribution < -0.4 is 5.32 Å². The van der Waals surface area contributed by atoms with E-state index < -0.39 is 0 Å². The molecule has 0 aromatic carbocycles. The van der Waals surface area contributed by atoms with Gasteiger partial charge in [-0.3, -0.25) is 9.97 Å². The average molecular weight is 404 g/mol. The fourth-order valence-electron chi connectivity index (χ4n) is 4.60. The Kier molecular flexibility index (Phi) is 4.59. The lowest BCUT2D eigenvalue weighted by Gasteiger charge is -2.28. The summed E-state index contributed by atoms with van der Waals surface area (Å²) in [6, 6.07) is 13.3. The average Bonchev–Trinajstić information content (AvgIpc) is 3.46. The van der Waals surface area contributed by atoms with E-state index in [0.717, 1.165) is 22.9 Å². The minimum Gasteiger partial charge on any atom is -0.352 e. The van der Waals surface area contributed by atoms with E-state index in [2.05, 4.69) is 56.8 Å². The van der Waals surface area contributed by atoms with Crippen molar-refractivity contribution in [2.45, 2.75) is 51.4 Å². The van der Waals surface area contributed by atoms with Crippen LogP contribution in [0.5, 0.6) is 0 Å². The smallest absolute Gasteiger partial charge is 0.170 e. The zero-order chi connectivity index (χ0) is 20.0. The Morgan fingerprint density at radius 3 is 2.69 bits per heavy atom. The number of pyridine rings is 2. The summed E-state index contributed by atoms with van der Waals surface area (Å²) in [5, 5.41) is 4.32. The third kappa shape index (κ3) is 3.31. The highest BCUT2D eigenvalue weighted by Crippen LogP contribution is 2.44. The van der Waals surface area contributed by atoms with Crippen LogP contribution in [0.1, 0.15) is 59.2 Å². The second-order valence-electron chi connectivity index (χ2n) is 8.04. The molecule has 148 valence electrons. The summed E-state index contributed by atoms with van der Waals surface area (Å²) in [7, 11) is 0. The fraction of sp³-hybridized carbons (Fsp3) is 0.348. The number of rotatable bonds is 5. The van der Waals surface area contributed by atoms with Gasteiger partial charge in [0.05, 0.1) is 17.8 Å². The van der Waals surface area contributed by atoms with Crippen LogP contribution in [0.2, 0.25) is 0 Å². The van der Waals surface area contributed by atoms with Gasteiger partial charge < -0.3 is 14.8 Å². The van der Waals surface area contributed by atoms with E-state index in [1.165, 1.54) is 29.8 Å². The first-order valence-corrected chi connectivity index (χ1v) is 10.6. The highest BCUT2D eigenvalue weighted by Gasteiger charge is 2.42. The van der Waals surface area contributed by atoms with Gasteiger partial charge in [-0.25, -0.2) is 0 Å². The molecule has 2 atom stereocenters. The molecule has 1 aliphatic carbocycles. The number of thiocarbonyl (C=S) groups is 1. The van der Waals surface area contributed by atoms with Crippen molar-refractivity contribution in [3.8, 4) is 0 Å². The van der Waals surface area contributed by atoms with Crippen LogP contribution in [0, 0.1) is 13.8 Å². The molecule has 3 aromatic rings.